The number of carbonyl (C=O) groups excluding carboxylic acids is 1. The molecular weight excluding hydrogens is 376 g/mol. The summed E-state index contributed by atoms with van der Waals surface area (Å²) in [4.78, 5) is 18.3. The highest BCUT2D eigenvalue weighted by Crippen LogP contribution is 2.31. The van der Waals surface area contributed by atoms with Crippen LogP contribution in [0.4, 0.5) is 0 Å². The van der Waals surface area contributed by atoms with Gasteiger partial charge in [-0.05, 0) is 39.0 Å². The van der Waals surface area contributed by atoms with Gasteiger partial charge >= 0.3 is 0 Å². The molecule has 0 fully saturated rings. The van der Waals surface area contributed by atoms with Crippen LogP contribution in [0.3, 0.4) is 0 Å². The van der Waals surface area contributed by atoms with Crippen molar-refractivity contribution in [1.82, 2.24) is 9.55 Å². The molecule has 0 spiro atoms. The summed E-state index contributed by atoms with van der Waals surface area (Å²) in [5, 5.41) is 2.71. The predicted octanol–water partition coefficient (Wildman–Crippen LogP) is 6.29. The highest BCUT2D eigenvalue weighted by Gasteiger charge is 2.19. The van der Waals surface area contributed by atoms with Crippen LogP contribution < -0.4 is 0 Å². The average molecular weight is 395 g/mol. The van der Waals surface area contributed by atoms with E-state index in [4.69, 9.17) is 16.6 Å². The van der Waals surface area contributed by atoms with E-state index in [1.807, 2.05) is 49.4 Å². The maximum Gasteiger partial charge on any atom is 0.162 e. The lowest BCUT2D eigenvalue weighted by Crippen LogP contribution is -2.05. The summed E-state index contributed by atoms with van der Waals surface area (Å²) in [7, 11) is 0. The van der Waals surface area contributed by atoms with Gasteiger partial charge in [-0.3, -0.25) is 4.79 Å². The van der Waals surface area contributed by atoms with E-state index in [2.05, 4.69) is 17.6 Å². The normalized spacial score (nSPS) is 11.3. The molecule has 2 heterocycles. The number of hydrogen-bond donors (Lipinski definition) is 0. The molecule has 136 valence electrons. The summed E-state index contributed by atoms with van der Waals surface area (Å²) in [6.07, 6.45) is 0. The Morgan fingerprint density at radius 2 is 1.81 bits per heavy atom. The largest absolute Gasteiger partial charge is 0.338 e. The first kappa shape index (κ1) is 18.0. The van der Waals surface area contributed by atoms with Gasteiger partial charge in [-0.25, -0.2) is 4.98 Å². The molecule has 0 unspecified atom stereocenters. The molecule has 0 bridgehead atoms. The number of halogens is 1. The van der Waals surface area contributed by atoms with Crippen LogP contribution in [0.25, 0.3) is 21.5 Å². The number of benzene rings is 2. The number of fused-ring (bicyclic) bond motifs is 1. The first-order valence-electron chi connectivity index (χ1n) is 8.76. The quantitative estimate of drug-likeness (QED) is 0.381. The fraction of sp³-hybridized carbons (Fsp3) is 0.182. The predicted molar refractivity (Wildman–Crippen MR) is 113 cm³/mol. The van der Waals surface area contributed by atoms with Gasteiger partial charge in [-0.2, -0.15) is 0 Å². The lowest BCUT2D eigenvalue weighted by Gasteiger charge is -2.07. The third-order valence-electron chi connectivity index (χ3n) is 4.87. The van der Waals surface area contributed by atoms with Gasteiger partial charge in [-0.1, -0.05) is 41.9 Å². The van der Waals surface area contributed by atoms with Gasteiger partial charge in [-0.15, -0.1) is 11.3 Å². The van der Waals surface area contributed by atoms with Crippen LogP contribution in [-0.4, -0.2) is 15.3 Å². The Labute approximate surface area is 167 Å². The van der Waals surface area contributed by atoms with Crippen LogP contribution in [0.15, 0.2) is 48.5 Å². The molecule has 0 saturated heterocycles. The van der Waals surface area contributed by atoms with E-state index >= 15 is 0 Å². The highest BCUT2D eigenvalue weighted by molar-refractivity contribution is 7.15. The maximum absolute atomic E-state index is 12.2. The van der Waals surface area contributed by atoms with E-state index in [0.29, 0.717) is 6.54 Å². The first-order valence-corrected chi connectivity index (χ1v) is 9.96. The maximum atomic E-state index is 12.2. The number of thiazole rings is 1. The molecule has 0 aliphatic rings. The summed E-state index contributed by atoms with van der Waals surface area (Å²) in [5.41, 5.74) is 4.96. The lowest BCUT2D eigenvalue weighted by molar-refractivity contribution is 0.101. The Balaban J connectivity index is 1.78. The Morgan fingerprint density at radius 3 is 2.52 bits per heavy atom. The summed E-state index contributed by atoms with van der Waals surface area (Å²) >= 11 is 7.68. The molecule has 0 aliphatic carbocycles. The fourth-order valence-electron chi connectivity index (χ4n) is 3.52. The summed E-state index contributed by atoms with van der Waals surface area (Å²) in [6, 6.07) is 15.8. The summed E-state index contributed by atoms with van der Waals surface area (Å²) < 4.78 is 2.19. The van der Waals surface area contributed by atoms with Crippen LogP contribution >= 0.6 is 22.9 Å². The molecule has 5 heteroatoms. The second-order valence-electron chi connectivity index (χ2n) is 6.65. The van der Waals surface area contributed by atoms with Crippen LogP contribution in [0.5, 0.6) is 0 Å². The van der Waals surface area contributed by atoms with Gasteiger partial charge in [0.05, 0.1) is 12.2 Å². The Kier molecular flexibility index (Phi) is 4.62. The minimum atomic E-state index is 0.0966. The van der Waals surface area contributed by atoms with Crippen molar-refractivity contribution in [3.8, 4) is 10.6 Å². The molecule has 0 radical (unpaired) electrons. The zero-order valence-electron chi connectivity index (χ0n) is 15.4. The molecule has 3 nitrogen and oxygen atoms in total. The Morgan fingerprint density at radius 1 is 1.11 bits per heavy atom. The number of aryl methyl sites for hydroxylation is 1. The molecule has 2 aromatic heterocycles. The minimum Gasteiger partial charge on any atom is -0.338 e. The molecule has 0 aliphatic heterocycles. The standard InChI is InChI=1S/C22H19ClN2OS/c1-13-21(14(2)26)18-6-4-5-7-20(18)25(13)12-19-15(3)27-22(24-19)16-8-10-17(23)11-9-16/h4-11H,12H2,1-3H3. The van der Waals surface area contributed by atoms with E-state index in [9.17, 15) is 4.79 Å². The molecule has 2 aromatic carbocycles. The van der Waals surface area contributed by atoms with E-state index in [0.717, 1.165) is 43.4 Å². The van der Waals surface area contributed by atoms with Gasteiger partial charge < -0.3 is 4.57 Å². The highest BCUT2D eigenvalue weighted by atomic mass is 35.5. The van der Waals surface area contributed by atoms with E-state index in [1.54, 1.807) is 18.3 Å². The van der Waals surface area contributed by atoms with Crippen molar-refractivity contribution in [1.29, 1.82) is 0 Å². The van der Waals surface area contributed by atoms with E-state index in [1.165, 1.54) is 4.88 Å². The first-order chi connectivity index (χ1) is 13.0. The molecule has 0 saturated carbocycles. The van der Waals surface area contributed by atoms with Crippen molar-refractivity contribution >= 4 is 39.6 Å². The van der Waals surface area contributed by atoms with Crippen molar-refractivity contribution in [2.75, 3.05) is 0 Å². The smallest absolute Gasteiger partial charge is 0.162 e. The van der Waals surface area contributed by atoms with Crippen molar-refractivity contribution in [3.63, 3.8) is 0 Å². The zero-order chi connectivity index (χ0) is 19.1. The van der Waals surface area contributed by atoms with Crippen LogP contribution in [0.2, 0.25) is 5.02 Å². The van der Waals surface area contributed by atoms with Crippen molar-refractivity contribution in [2.24, 2.45) is 0 Å². The molecule has 4 rings (SSSR count). The van der Waals surface area contributed by atoms with Gasteiger partial charge in [0, 0.05) is 37.6 Å². The van der Waals surface area contributed by atoms with Gasteiger partial charge in [0.2, 0.25) is 0 Å². The monoisotopic (exact) mass is 394 g/mol. The molecule has 0 amide bonds. The minimum absolute atomic E-state index is 0.0966. The van der Waals surface area contributed by atoms with E-state index < -0.39 is 0 Å². The number of nitrogens with zero attached hydrogens (tertiary/aromatic N) is 2. The zero-order valence-corrected chi connectivity index (χ0v) is 17.0. The van der Waals surface area contributed by atoms with Crippen LogP contribution in [0.1, 0.15) is 33.5 Å². The molecule has 0 N–H and O–H groups in total. The number of Topliss-reactive ketones (excluding diaryl/α,β-unsaturated/α-hetero) is 1. The molecule has 0 atom stereocenters. The van der Waals surface area contributed by atoms with E-state index in [-0.39, 0.29) is 5.78 Å². The number of carbonyl (C=O) groups is 1. The van der Waals surface area contributed by atoms with Crippen LogP contribution in [-0.2, 0) is 6.54 Å². The number of para-hydroxylation sites is 1. The van der Waals surface area contributed by atoms with Gasteiger partial charge in [0.25, 0.3) is 0 Å². The third-order valence-corrected chi connectivity index (χ3v) is 6.19. The average Bonchev–Trinajstić information content (AvgIpc) is 3.14. The lowest BCUT2D eigenvalue weighted by atomic mass is 10.1. The number of aromatic nitrogens is 2. The third kappa shape index (κ3) is 3.20. The van der Waals surface area contributed by atoms with Gasteiger partial charge in [0.1, 0.15) is 5.01 Å². The van der Waals surface area contributed by atoms with Crippen molar-refractivity contribution in [3.05, 3.63) is 75.4 Å². The molecular formula is C22H19ClN2OS. The second kappa shape index (κ2) is 6.95. The Hall–Kier alpha value is -2.43. The topological polar surface area (TPSA) is 34.9 Å². The molecule has 27 heavy (non-hydrogen) atoms. The SMILES string of the molecule is CC(=O)c1c(C)n(Cc2nc(-c3ccc(Cl)cc3)sc2C)c2ccccc12. The number of ketones is 1. The van der Waals surface area contributed by atoms with Crippen LogP contribution in [0, 0.1) is 13.8 Å². The fourth-order valence-corrected chi connectivity index (χ4v) is 4.57. The second-order valence-corrected chi connectivity index (χ2v) is 8.29. The van der Waals surface area contributed by atoms with Gasteiger partial charge in [0.15, 0.2) is 5.78 Å². The Bertz CT molecular complexity index is 1160. The summed E-state index contributed by atoms with van der Waals surface area (Å²) in [6.45, 7) is 6.39. The molecule has 4 aromatic rings. The van der Waals surface area contributed by atoms with Crippen molar-refractivity contribution in [2.45, 2.75) is 27.3 Å². The van der Waals surface area contributed by atoms with Crippen molar-refractivity contribution < 1.29 is 4.79 Å². The summed E-state index contributed by atoms with van der Waals surface area (Å²) in [5.74, 6) is 0.0966. The number of rotatable bonds is 4. The number of hydrogen-bond acceptors (Lipinski definition) is 3.